The highest BCUT2D eigenvalue weighted by Crippen LogP contribution is 2.29. The fourth-order valence-electron chi connectivity index (χ4n) is 7.04. The molecule has 0 aromatic carbocycles. The number of Topliss-reactive ketones (excluding diaryl/α,β-unsaturated/α-hetero) is 1. The molecule has 5 N–H and O–H groups in total. The highest BCUT2D eigenvalue weighted by atomic mass is 16.6. The number of hydrogen-bond acceptors (Lipinski definition) is 11. The molecule has 1 aromatic heterocycles. The normalized spacial score (nSPS) is 29.3. The topological polar surface area (TPSA) is 199 Å². The Bertz CT molecular complexity index is 1710. The number of methoxy groups -OCH3 is 2. The molecule has 3 heterocycles. The van der Waals surface area contributed by atoms with Gasteiger partial charge in [0.15, 0.2) is 6.10 Å². The molecule has 1 aliphatic carbocycles. The molecule has 3 aliphatic rings. The second-order valence-corrected chi connectivity index (χ2v) is 14.3. The molecule has 4 rings (SSSR count). The van der Waals surface area contributed by atoms with Crippen LogP contribution < -0.4 is 16.4 Å². The molecule has 0 radical (unpaired) electrons. The van der Waals surface area contributed by atoms with E-state index in [-0.39, 0.29) is 46.7 Å². The number of nitrogens with zero attached hydrogens (tertiary/aromatic N) is 2. The van der Waals surface area contributed by atoms with E-state index in [1.807, 2.05) is 11.8 Å². The Morgan fingerprint density at radius 1 is 1.07 bits per heavy atom. The second kappa shape index (κ2) is 19.4. The molecule has 14 heteroatoms. The lowest BCUT2D eigenvalue weighted by Crippen LogP contribution is -2.42. The predicted octanol–water partition coefficient (Wildman–Crippen LogP) is 3.30. The van der Waals surface area contributed by atoms with E-state index in [9.17, 15) is 29.1 Å². The van der Waals surface area contributed by atoms with Gasteiger partial charge in [-0.15, -0.1) is 0 Å². The number of nitrogens with two attached hydrogens (primary N) is 1. The second-order valence-electron chi connectivity index (χ2n) is 14.3. The maximum Gasteiger partial charge on any atom is 0.405 e. The minimum atomic E-state index is -1.01. The first-order chi connectivity index (χ1) is 25.7. The molecule has 2 bridgehead atoms. The third-order valence-electron chi connectivity index (χ3n) is 10.2. The number of rotatable bonds is 7. The number of pyridine rings is 1. The summed E-state index contributed by atoms with van der Waals surface area (Å²) in [6, 6.07) is 3.38. The van der Waals surface area contributed by atoms with E-state index >= 15 is 0 Å². The molecule has 1 fully saturated rings. The van der Waals surface area contributed by atoms with Crippen molar-refractivity contribution in [3.8, 4) is 0 Å². The molecule has 54 heavy (non-hydrogen) atoms. The van der Waals surface area contributed by atoms with Crippen LogP contribution in [0.25, 0.3) is 0 Å². The van der Waals surface area contributed by atoms with Crippen molar-refractivity contribution in [1.29, 1.82) is 0 Å². The average molecular weight is 748 g/mol. The number of carbonyl (C=O) groups excluding carboxylic acids is 5. The molecule has 6 atom stereocenters. The molecular formula is C40H53N5O9. The zero-order chi connectivity index (χ0) is 39.5. The molecule has 0 saturated carbocycles. The van der Waals surface area contributed by atoms with E-state index in [1.54, 1.807) is 63.5 Å². The van der Waals surface area contributed by atoms with Crippen molar-refractivity contribution in [2.75, 3.05) is 33.9 Å². The van der Waals surface area contributed by atoms with Crippen LogP contribution >= 0.6 is 0 Å². The Morgan fingerprint density at radius 2 is 1.76 bits per heavy atom. The van der Waals surface area contributed by atoms with Crippen molar-refractivity contribution in [2.24, 2.45) is 23.5 Å². The van der Waals surface area contributed by atoms with Crippen LogP contribution in [0.15, 0.2) is 83.0 Å². The van der Waals surface area contributed by atoms with Gasteiger partial charge in [0.05, 0.1) is 23.6 Å². The fourth-order valence-corrected chi connectivity index (χ4v) is 7.04. The summed E-state index contributed by atoms with van der Waals surface area (Å²) in [5.41, 5.74) is 7.05. The summed E-state index contributed by atoms with van der Waals surface area (Å²) in [7, 11) is 2.93. The van der Waals surface area contributed by atoms with Crippen LogP contribution in [-0.2, 0) is 28.6 Å². The van der Waals surface area contributed by atoms with Gasteiger partial charge < -0.3 is 40.6 Å². The number of piperidine rings is 1. The molecule has 14 nitrogen and oxygen atoms in total. The van der Waals surface area contributed by atoms with Crippen molar-refractivity contribution >= 4 is 29.5 Å². The summed E-state index contributed by atoms with van der Waals surface area (Å²) < 4.78 is 16.8. The quantitative estimate of drug-likeness (QED) is 0.236. The van der Waals surface area contributed by atoms with E-state index in [1.165, 1.54) is 20.3 Å². The largest absolute Gasteiger partial charge is 0.439 e. The summed E-state index contributed by atoms with van der Waals surface area (Å²) in [5.74, 6) is -2.14. The number of carbonyl (C=O) groups is 5. The van der Waals surface area contributed by atoms with Crippen molar-refractivity contribution in [3.63, 3.8) is 0 Å². The molecule has 0 spiro atoms. The van der Waals surface area contributed by atoms with Gasteiger partial charge in [0.2, 0.25) is 11.6 Å². The van der Waals surface area contributed by atoms with Gasteiger partial charge in [0, 0.05) is 75.0 Å². The molecular weight excluding hydrogens is 694 g/mol. The van der Waals surface area contributed by atoms with Crippen LogP contribution in [0.4, 0.5) is 4.79 Å². The smallest absolute Gasteiger partial charge is 0.405 e. The number of aromatic nitrogens is 1. The zero-order valence-electron chi connectivity index (χ0n) is 31.9. The number of fused-ring (bicyclic) bond motifs is 2. The molecule has 2 aliphatic heterocycles. The number of likely N-dealkylation sites (tertiary alicyclic amines) is 1. The number of hydrogen-bond donors (Lipinski definition) is 4. The molecule has 0 unspecified atom stereocenters. The summed E-state index contributed by atoms with van der Waals surface area (Å²) in [6.45, 7) is 8.53. The Balaban J connectivity index is 1.60. The first kappa shape index (κ1) is 41.8. The van der Waals surface area contributed by atoms with Crippen LogP contribution in [-0.4, -0.2) is 103 Å². The molecule has 1 aromatic rings. The maximum absolute atomic E-state index is 14.1. The Morgan fingerprint density at radius 3 is 2.39 bits per heavy atom. The van der Waals surface area contributed by atoms with Crippen LogP contribution in [0.2, 0.25) is 0 Å². The van der Waals surface area contributed by atoms with Crippen LogP contribution in [0.1, 0.15) is 63.7 Å². The van der Waals surface area contributed by atoms with Gasteiger partial charge in [-0.1, -0.05) is 38.2 Å². The minimum Gasteiger partial charge on any atom is -0.439 e. The predicted molar refractivity (Wildman–Crippen MR) is 200 cm³/mol. The summed E-state index contributed by atoms with van der Waals surface area (Å²) in [4.78, 5) is 71.6. The van der Waals surface area contributed by atoms with Gasteiger partial charge in [0.1, 0.15) is 6.10 Å². The third-order valence-corrected chi connectivity index (χ3v) is 10.2. The number of allylic oxidation sites excluding steroid dienone is 4. The number of aliphatic hydroxyl groups excluding tert-OH is 1. The summed E-state index contributed by atoms with van der Waals surface area (Å²) in [5, 5.41) is 17.3. The van der Waals surface area contributed by atoms with Crippen molar-refractivity contribution in [1.82, 2.24) is 20.5 Å². The van der Waals surface area contributed by atoms with Crippen LogP contribution in [0, 0.1) is 17.8 Å². The minimum absolute atomic E-state index is 0.0510. The monoisotopic (exact) mass is 747 g/mol. The van der Waals surface area contributed by atoms with E-state index < -0.39 is 53.9 Å². The summed E-state index contributed by atoms with van der Waals surface area (Å²) in [6.07, 6.45) is 8.25. The van der Waals surface area contributed by atoms with Crippen LogP contribution in [0.5, 0.6) is 0 Å². The molecule has 292 valence electrons. The van der Waals surface area contributed by atoms with Crippen molar-refractivity contribution in [2.45, 2.75) is 77.8 Å². The van der Waals surface area contributed by atoms with Crippen LogP contribution in [0.3, 0.4) is 0 Å². The van der Waals surface area contributed by atoms with Crippen molar-refractivity contribution in [3.05, 3.63) is 88.6 Å². The first-order valence-electron chi connectivity index (χ1n) is 18.2. The Labute approximate surface area is 316 Å². The average Bonchev–Trinajstić information content (AvgIpc) is 3.15. The number of primary amides is 1. The number of aliphatic hydroxyl groups is 1. The van der Waals surface area contributed by atoms with Gasteiger partial charge in [-0.2, -0.15) is 0 Å². The lowest BCUT2D eigenvalue weighted by Gasteiger charge is -2.33. The molecule has 3 amide bonds. The lowest BCUT2D eigenvalue weighted by atomic mass is 9.85. The van der Waals surface area contributed by atoms with E-state index in [0.29, 0.717) is 50.0 Å². The van der Waals surface area contributed by atoms with Crippen molar-refractivity contribution < 1.29 is 43.3 Å². The van der Waals surface area contributed by atoms with E-state index in [0.717, 1.165) is 6.08 Å². The zero-order valence-corrected chi connectivity index (χ0v) is 31.9. The lowest BCUT2D eigenvalue weighted by molar-refractivity contribution is -0.120. The van der Waals surface area contributed by atoms with Gasteiger partial charge in [0.25, 0.3) is 11.8 Å². The van der Waals surface area contributed by atoms with Gasteiger partial charge in [-0.25, -0.2) is 4.79 Å². The highest BCUT2D eigenvalue weighted by Gasteiger charge is 2.34. The maximum atomic E-state index is 14.1. The van der Waals surface area contributed by atoms with Gasteiger partial charge >= 0.3 is 6.09 Å². The fraction of sp³-hybridized carbons (Fsp3) is 0.500. The van der Waals surface area contributed by atoms with Gasteiger partial charge in [-0.3, -0.25) is 24.2 Å². The summed E-state index contributed by atoms with van der Waals surface area (Å²) >= 11 is 0. The number of amides is 3. The van der Waals surface area contributed by atoms with E-state index in [2.05, 4.69) is 15.6 Å². The number of ketones is 2. The third kappa shape index (κ3) is 10.8. The Hall–Kier alpha value is -4.92. The molecule has 1 saturated heterocycles. The first-order valence-corrected chi connectivity index (χ1v) is 18.2. The SMILES string of the molecule is CO[C@H]1/C=C\C=C(/C)C(=O)NC2=CC(=O)C(NCC3CCN(C(=O)c4ccncc4)CC3)=C(C[C@@H](C)C[C@H](OC)[C@H](O)[C@@H](C)/C=C(\C)[C@@H]1OC(N)=O)C2=O. The number of nitrogens with one attached hydrogen (secondary N) is 2. The van der Waals surface area contributed by atoms with Gasteiger partial charge in [-0.05, 0) is 69.1 Å². The number of ether oxygens (including phenoxy) is 3. The Kier molecular flexibility index (Phi) is 15.0. The van der Waals surface area contributed by atoms with E-state index in [4.69, 9.17) is 19.9 Å². The highest BCUT2D eigenvalue weighted by molar-refractivity contribution is 6.23. The standard InChI is InChI=1S/C40H53N5O9/c1-23-18-29-34(43-22-27-12-16-45(17-13-27)39(50)28-10-14-42-15-11-28)31(46)21-30(36(29)48)44-38(49)24(2)8-7-9-32(52-5)37(54-40(41)51)26(4)20-25(3)35(47)33(19-23)53-6/h7-11,14-15,20-21,23,25,27,32-33,35,37,43,47H,12-13,16-19,22H2,1-6H3,(H2,41,51)(H,44,49)/b9-7-,24-8+,26-20+/t23-,25+,32+,33+,35-,37+/m1/s1.